The molecule has 0 aliphatic carbocycles. The number of pyridine rings is 2. The minimum Gasteiger partial charge on any atom is -0.383 e. The van der Waals surface area contributed by atoms with E-state index in [1.807, 2.05) is 13.8 Å². The normalized spacial score (nSPS) is 16.0. The summed E-state index contributed by atoms with van der Waals surface area (Å²) in [6.07, 6.45) is -2.93. The first-order valence-electron chi connectivity index (χ1n) is 11.5. The van der Waals surface area contributed by atoms with Gasteiger partial charge in [0.15, 0.2) is 0 Å². The van der Waals surface area contributed by atoms with Gasteiger partial charge in [0.05, 0.1) is 47.6 Å². The number of fused-ring (bicyclic) bond motifs is 4. The van der Waals surface area contributed by atoms with Crippen LogP contribution >= 0.6 is 0 Å². The molecule has 4 heterocycles. The highest BCUT2D eigenvalue weighted by Crippen LogP contribution is 2.35. The minimum absolute atomic E-state index is 0.0407. The van der Waals surface area contributed by atoms with Gasteiger partial charge < -0.3 is 15.4 Å². The number of nitrogen functional groups attached to an aromatic ring is 1. The fraction of sp³-hybridized carbons (Fsp3) is 0.360. The third kappa shape index (κ3) is 4.13. The number of hydrogen-bond donors (Lipinski definition) is 1. The Morgan fingerprint density at radius 2 is 2.00 bits per heavy atom. The molecular formula is C25H25F3N6O2. The first-order valence-corrected chi connectivity index (χ1v) is 11.5. The van der Waals surface area contributed by atoms with E-state index in [1.165, 1.54) is 6.07 Å². The van der Waals surface area contributed by atoms with Crippen LogP contribution in [0.25, 0.3) is 21.8 Å². The molecule has 0 saturated carbocycles. The van der Waals surface area contributed by atoms with Crippen LogP contribution < -0.4 is 5.73 Å². The zero-order valence-corrected chi connectivity index (χ0v) is 20.0. The maximum atomic E-state index is 13.9. The lowest BCUT2D eigenvalue weighted by Crippen LogP contribution is -2.41. The third-order valence-corrected chi connectivity index (χ3v) is 6.33. The standard InChI is InChI=1S/C25H25F3N6O2/c1-13(2)10-34(20-12-36-11-19-15(20)5-7-21(31-19)25(26,27)28)24(35)14-4-6-18-16(8-14)22-17(23(29)32-18)9-30-33(22)3/h4-9,13,20H,10-12H2,1-3H3,(H2,29,32)/t20-/m1/s1. The molecule has 0 bridgehead atoms. The highest BCUT2D eigenvalue weighted by molar-refractivity contribution is 6.10. The molecule has 11 heteroatoms. The van der Waals surface area contributed by atoms with Crippen molar-refractivity contribution in [3.8, 4) is 0 Å². The Morgan fingerprint density at radius 3 is 2.72 bits per heavy atom. The lowest BCUT2D eigenvalue weighted by atomic mass is 9.98. The Kier molecular flexibility index (Phi) is 5.82. The molecule has 1 aliphatic heterocycles. The van der Waals surface area contributed by atoms with Crippen molar-refractivity contribution in [2.75, 3.05) is 18.9 Å². The summed E-state index contributed by atoms with van der Waals surface area (Å²) in [6.45, 7) is 4.45. The van der Waals surface area contributed by atoms with Crippen LogP contribution in [0.2, 0.25) is 0 Å². The molecule has 0 fully saturated rings. The van der Waals surface area contributed by atoms with E-state index in [1.54, 1.807) is 41.0 Å². The second-order valence-electron chi connectivity index (χ2n) is 9.37. The Balaban J connectivity index is 1.58. The molecule has 188 valence electrons. The number of carbonyl (C=O) groups excluding carboxylic acids is 1. The number of amides is 1. The lowest BCUT2D eigenvalue weighted by molar-refractivity contribution is -0.141. The lowest BCUT2D eigenvalue weighted by Gasteiger charge is -2.36. The van der Waals surface area contributed by atoms with Crippen LogP contribution in [-0.4, -0.2) is 43.7 Å². The topological polar surface area (TPSA) is 99.2 Å². The Hall–Kier alpha value is -3.73. The summed E-state index contributed by atoms with van der Waals surface area (Å²) in [7, 11) is 1.79. The zero-order chi connectivity index (χ0) is 25.8. The largest absolute Gasteiger partial charge is 0.433 e. The van der Waals surface area contributed by atoms with Gasteiger partial charge in [-0.15, -0.1) is 0 Å². The van der Waals surface area contributed by atoms with Crippen LogP contribution in [0.1, 0.15) is 47.2 Å². The molecule has 8 nitrogen and oxygen atoms in total. The van der Waals surface area contributed by atoms with E-state index in [4.69, 9.17) is 10.5 Å². The summed E-state index contributed by atoms with van der Waals surface area (Å²) in [4.78, 5) is 23.8. The van der Waals surface area contributed by atoms with Gasteiger partial charge in [0.1, 0.15) is 11.5 Å². The molecule has 1 atom stereocenters. The van der Waals surface area contributed by atoms with Crippen molar-refractivity contribution < 1.29 is 22.7 Å². The number of rotatable bonds is 4. The summed E-state index contributed by atoms with van der Waals surface area (Å²) in [5.74, 6) is 0.194. The van der Waals surface area contributed by atoms with Crippen molar-refractivity contribution in [2.24, 2.45) is 13.0 Å². The number of aryl methyl sites for hydroxylation is 1. The molecule has 0 saturated heterocycles. The summed E-state index contributed by atoms with van der Waals surface area (Å²) >= 11 is 0. The van der Waals surface area contributed by atoms with Crippen LogP contribution in [0.3, 0.4) is 0 Å². The van der Waals surface area contributed by atoms with Crippen molar-refractivity contribution in [3.63, 3.8) is 0 Å². The SMILES string of the molecule is CC(C)CN(C(=O)c1ccc2nc(N)c3cnn(C)c3c2c1)[C@@H]1COCc2nc(C(F)(F)F)ccc21. The van der Waals surface area contributed by atoms with Gasteiger partial charge in [0.2, 0.25) is 0 Å². The van der Waals surface area contributed by atoms with Crippen molar-refractivity contribution in [3.05, 3.63) is 59.0 Å². The smallest absolute Gasteiger partial charge is 0.383 e. The molecule has 0 spiro atoms. The second-order valence-corrected chi connectivity index (χ2v) is 9.37. The summed E-state index contributed by atoms with van der Waals surface area (Å²) in [5.41, 5.74) is 7.68. The second kappa shape index (κ2) is 8.74. The van der Waals surface area contributed by atoms with Crippen molar-refractivity contribution in [1.82, 2.24) is 24.6 Å². The fourth-order valence-electron chi connectivity index (χ4n) is 4.71. The minimum atomic E-state index is -4.56. The van der Waals surface area contributed by atoms with Crippen LogP contribution in [-0.2, 0) is 24.6 Å². The molecule has 0 radical (unpaired) electrons. The fourth-order valence-corrected chi connectivity index (χ4v) is 4.71. The zero-order valence-electron chi connectivity index (χ0n) is 20.0. The maximum absolute atomic E-state index is 13.9. The average Bonchev–Trinajstić information content (AvgIpc) is 3.23. The Bertz CT molecular complexity index is 1480. The van der Waals surface area contributed by atoms with Crippen LogP contribution in [0, 0.1) is 5.92 Å². The van der Waals surface area contributed by atoms with E-state index in [0.29, 0.717) is 34.4 Å². The van der Waals surface area contributed by atoms with Gasteiger partial charge in [-0.05, 0) is 30.2 Å². The number of nitrogens with zero attached hydrogens (tertiary/aromatic N) is 5. The van der Waals surface area contributed by atoms with Crippen LogP contribution in [0.15, 0.2) is 36.5 Å². The van der Waals surface area contributed by atoms with Crippen LogP contribution in [0.4, 0.5) is 19.0 Å². The van der Waals surface area contributed by atoms with E-state index < -0.39 is 17.9 Å². The van der Waals surface area contributed by atoms with Crippen molar-refractivity contribution >= 4 is 33.5 Å². The van der Waals surface area contributed by atoms with Gasteiger partial charge in [-0.1, -0.05) is 19.9 Å². The van der Waals surface area contributed by atoms with Gasteiger partial charge in [-0.2, -0.15) is 18.3 Å². The van der Waals surface area contributed by atoms with E-state index in [9.17, 15) is 18.0 Å². The van der Waals surface area contributed by atoms with Gasteiger partial charge >= 0.3 is 6.18 Å². The number of benzene rings is 1. The quantitative estimate of drug-likeness (QED) is 0.445. The van der Waals surface area contributed by atoms with Gasteiger partial charge in [0, 0.05) is 30.1 Å². The van der Waals surface area contributed by atoms with Gasteiger partial charge in [-0.25, -0.2) is 9.97 Å². The van der Waals surface area contributed by atoms with Crippen molar-refractivity contribution in [2.45, 2.75) is 32.7 Å². The number of nitrogens with two attached hydrogens (primary N) is 1. The number of ether oxygens (including phenoxy) is 1. The molecule has 0 unspecified atom stereocenters. The maximum Gasteiger partial charge on any atom is 0.433 e. The molecule has 5 rings (SSSR count). The Morgan fingerprint density at radius 1 is 1.22 bits per heavy atom. The number of halogens is 3. The first-order chi connectivity index (χ1) is 17.0. The Labute approximate surface area is 204 Å². The van der Waals surface area contributed by atoms with E-state index in [2.05, 4.69) is 15.1 Å². The van der Waals surface area contributed by atoms with Gasteiger partial charge in [-0.3, -0.25) is 9.48 Å². The summed E-state index contributed by atoms with van der Waals surface area (Å²) in [6, 6.07) is 6.97. The number of alkyl halides is 3. The predicted octanol–water partition coefficient (Wildman–Crippen LogP) is 4.49. The highest BCUT2D eigenvalue weighted by atomic mass is 19.4. The molecule has 36 heavy (non-hydrogen) atoms. The molecule has 1 amide bonds. The van der Waals surface area contributed by atoms with Crippen LogP contribution in [0.5, 0.6) is 0 Å². The average molecular weight is 499 g/mol. The van der Waals surface area contributed by atoms with E-state index >= 15 is 0 Å². The van der Waals surface area contributed by atoms with E-state index in [0.717, 1.165) is 17.0 Å². The highest BCUT2D eigenvalue weighted by Gasteiger charge is 2.36. The predicted molar refractivity (Wildman–Crippen MR) is 128 cm³/mol. The van der Waals surface area contributed by atoms with E-state index in [-0.39, 0.29) is 30.7 Å². The first kappa shape index (κ1) is 24.0. The molecule has 1 aliphatic rings. The third-order valence-electron chi connectivity index (χ3n) is 6.33. The van der Waals surface area contributed by atoms with Gasteiger partial charge in [0.25, 0.3) is 5.91 Å². The molecule has 3 aromatic heterocycles. The number of hydrogen-bond acceptors (Lipinski definition) is 6. The summed E-state index contributed by atoms with van der Waals surface area (Å²) < 4.78 is 46.9. The van der Waals surface area contributed by atoms with Crippen molar-refractivity contribution in [1.29, 1.82) is 0 Å². The number of carbonyl (C=O) groups is 1. The summed E-state index contributed by atoms with van der Waals surface area (Å²) in [5, 5.41) is 5.69. The number of anilines is 1. The molecule has 4 aromatic rings. The molecular weight excluding hydrogens is 473 g/mol. The monoisotopic (exact) mass is 498 g/mol. The number of aromatic nitrogens is 4. The molecule has 1 aromatic carbocycles. The molecule has 2 N–H and O–H groups in total.